The standard InChI is InChI=1S/C20H30ClN3O3S/c1-2-24(18-6-4-3-5-7-18)20(25)16-22-12-14-23(15-13-22)28(26,27)19-10-8-17(21)9-11-19/h8-11,18H,2-7,12-16H2,1H3. The lowest BCUT2D eigenvalue weighted by Crippen LogP contribution is -2.52. The van der Waals surface area contributed by atoms with Crippen LogP contribution in [0.4, 0.5) is 0 Å². The number of nitrogens with zero attached hydrogens (tertiary/aromatic N) is 3. The van der Waals surface area contributed by atoms with Gasteiger partial charge in [-0.2, -0.15) is 4.31 Å². The maximum absolute atomic E-state index is 12.8. The highest BCUT2D eigenvalue weighted by Crippen LogP contribution is 2.23. The smallest absolute Gasteiger partial charge is 0.243 e. The Hall–Kier alpha value is -1.15. The van der Waals surface area contributed by atoms with E-state index in [9.17, 15) is 13.2 Å². The normalized spacial score (nSPS) is 20.2. The van der Waals surface area contributed by atoms with Gasteiger partial charge in [-0.1, -0.05) is 30.9 Å². The van der Waals surface area contributed by atoms with Crippen molar-refractivity contribution in [1.29, 1.82) is 0 Å². The predicted molar refractivity (Wildman–Crippen MR) is 111 cm³/mol. The molecule has 1 heterocycles. The molecule has 3 rings (SSSR count). The minimum atomic E-state index is -3.52. The van der Waals surface area contributed by atoms with Crippen LogP contribution >= 0.6 is 11.6 Å². The highest BCUT2D eigenvalue weighted by Gasteiger charge is 2.31. The Morgan fingerprint density at radius 2 is 1.68 bits per heavy atom. The van der Waals surface area contributed by atoms with Crippen LogP contribution in [0, 0.1) is 0 Å². The van der Waals surface area contributed by atoms with Crippen molar-refractivity contribution in [2.45, 2.75) is 50.0 Å². The minimum Gasteiger partial charge on any atom is -0.339 e. The van der Waals surface area contributed by atoms with Gasteiger partial charge in [0.25, 0.3) is 0 Å². The highest BCUT2D eigenvalue weighted by atomic mass is 35.5. The molecule has 156 valence electrons. The first-order chi connectivity index (χ1) is 13.4. The molecule has 1 aromatic carbocycles. The Balaban J connectivity index is 1.54. The molecule has 1 aliphatic heterocycles. The Bertz CT molecular complexity index is 755. The third-order valence-corrected chi connectivity index (χ3v) is 7.98. The number of sulfonamides is 1. The summed E-state index contributed by atoms with van der Waals surface area (Å²) in [5, 5.41) is 0.515. The van der Waals surface area contributed by atoms with Crippen molar-refractivity contribution in [1.82, 2.24) is 14.1 Å². The van der Waals surface area contributed by atoms with Gasteiger partial charge in [-0.25, -0.2) is 8.42 Å². The number of hydrogen-bond acceptors (Lipinski definition) is 4. The molecular formula is C20H30ClN3O3S. The second-order valence-corrected chi connectivity index (χ2v) is 9.98. The van der Waals surface area contributed by atoms with Crippen LogP contribution in [-0.2, 0) is 14.8 Å². The minimum absolute atomic E-state index is 0.170. The van der Waals surface area contributed by atoms with Gasteiger partial charge in [0.1, 0.15) is 0 Å². The Morgan fingerprint density at radius 3 is 2.25 bits per heavy atom. The molecular weight excluding hydrogens is 398 g/mol. The maximum Gasteiger partial charge on any atom is 0.243 e. The van der Waals surface area contributed by atoms with Gasteiger partial charge in [0, 0.05) is 43.8 Å². The molecule has 1 saturated carbocycles. The van der Waals surface area contributed by atoms with E-state index in [2.05, 4.69) is 4.90 Å². The summed E-state index contributed by atoms with van der Waals surface area (Å²) in [6, 6.07) is 6.63. The number of amides is 1. The van der Waals surface area contributed by atoms with Gasteiger partial charge >= 0.3 is 0 Å². The Morgan fingerprint density at radius 1 is 1.07 bits per heavy atom. The first kappa shape index (κ1) is 21.6. The number of carbonyl (C=O) groups is 1. The van der Waals surface area contributed by atoms with Gasteiger partial charge in [-0.15, -0.1) is 0 Å². The third-order valence-electron chi connectivity index (χ3n) is 5.82. The second kappa shape index (κ2) is 9.57. The van der Waals surface area contributed by atoms with Crippen molar-refractivity contribution in [3.63, 3.8) is 0 Å². The topological polar surface area (TPSA) is 60.9 Å². The van der Waals surface area contributed by atoms with Crippen LogP contribution in [0.15, 0.2) is 29.2 Å². The fraction of sp³-hybridized carbons (Fsp3) is 0.650. The molecule has 1 aromatic rings. The van der Waals surface area contributed by atoms with E-state index in [1.54, 1.807) is 12.1 Å². The summed E-state index contributed by atoms with van der Waals surface area (Å²) in [5.74, 6) is 0.170. The Labute approximate surface area is 173 Å². The summed E-state index contributed by atoms with van der Waals surface area (Å²) in [7, 11) is -3.52. The average Bonchev–Trinajstić information content (AvgIpc) is 2.70. The first-order valence-electron chi connectivity index (χ1n) is 10.2. The van der Waals surface area contributed by atoms with Crippen LogP contribution in [0.2, 0.25) is 5.02 Å². The van der Waals surface area contributed by atoms with Gasteiger partial charge < -0.3 is 4.90 Å². The van der Waals surface area contributed by atoms with E-state index in [-0.39, 0.29) is 10.8 Å². The van der Waals surface area contributed by atoms with Crippen molar-refractivity contribution in [2.24, 2.45) is 0 Å². The number of carbonyl (C=O) groups excluding carboxylic acids is 1. The molecule has 0 radical (unpaired) electrons. The van der Waals surface area contributed by atoms with Crippen molar-refractivity contribution in [2.75, 3.05) is 39.3 Å². The van der Waals surface area contributed by atoms with Crippen molar-refractivity contribution in [3.05, 3.63) is 29.3 Å². The van der Waals surface area contributed by atoms with E-state index in [4.69, 9.17) is 11.6 Å². The van der Waals surface area contributed by atoms with Crippen LogP contribution in [0.1, 0.15) is 39.0 Å². The van der Waals surface area contributed by atoms with Crippen molar-refractivity contribution >= 4 is 27.5 Å². The summed E-state index contributed by atoms with van der Waals surface area (Å²) in [5.41, 5.74) is 0. The molecule has 8 heteroatoms. The number of likely N-dealkylation sites (N-methyl/N-ethyl adjacent to an activating group) is 1. The quantitative estimate of drug-likeness (QED) is 0.700. The van der Waals surface area contributed by atoms with Gasteiger partial charge in [0.15, 0.2) is 0 Å². The summed E-state index contributed by atoms with van der Waals surface area (Å²) >= 11 is 5.86. The molecule has 0 unspecified atom stereocenters. The lowest BCUT2D eigenvalue weighted by atomic mass is 9.94. The van der Waals surface area contributed by atoms with E-state index < -0.39 is 10.0 Å². The molecule has 2 aliphatic rings. The van der Waals surface area contributed by atoms with Crippen LogP contribution in [-0.4, -0.2) is 73.7 Å². The van der Waals surface area contributed by atoms with Crippen LogP contribution in [0.25, 0.3) is 0 Å². The van der Waals surface area contributed by atoms with E-state index in [0.717, 1.165) is 19.4 Å². The van der Waals surface area contributed by atoms with Gasteiger partial charge in [0.05, 0.1) is 11.4 Å². The van der Waals surface area contributed by atoms with E-state index >= 15 is 0 Å². The zero-order valence-electron chi connectivity index (χ0n) is 16.5. The summed E-state index contributed by atoms with van der Waals surface area (Å²) in [6.07, 6.45) is 5.89. The molecule has 0 N–H and O–H groups in total. The Kier molecular flexibility index (Phi) is 7.36. The van der Waals surface area contributed by atoms with Crippen molar-refractivity contribution < 1.29 is 13.2 Å². The number of piperazine rings is 1. The zero-order chi connectivity index (χ0) is 20.1. The number of benzene rings is 1. The molecule has 28 heavy (non-hydrogen) atoms. The largest absolute Gasteiger partial charge is 0.339 e. The van der Waals surface area contributed by atoms with Crippen molar-refractivity contribution in [3.8, 4) is 0 Å². The molecule has 0 spiro atoms. The van der Waals surface area contributed by atoms with E-state index in [1.165, 1.54) is 35.7 Å². The SMILES string of the molecule is CCN(C(=O)CN1CCN(S(=O)(=O)c2ccc(Cl)cc2)CC1)C1CCCCC1. The lowest BCUT2D eigenvalue weighted by Gasteiger charge is -2.37. The second-order valence-electron chi connectivity index (χ2n) is 7.61. The van der Waals surface area contributed by atoms with Gasteiger partial charge in [-0.3, -0.25) is 9.69 Å². The monoisotopic (exact) mass is 427 g/mol. The van der Waals surface area contributed by atoms with Gasteiger partial charge in [0.2, 0.25) is 15.9 Å². The summed E-state index contributed by atoms with van der Waals surface area (Å²) < 4.78 is 27.1. The van der Waals surface area contributed by atoms with E-state index in [1.807, 2.05) is 11.8 Å². The molecule has 1 aliphatic carbocycles. The fourth-order valence-corrected chi connectivity index (χ4v) is 5.74. The number of hydrogen-bond donors (Lipinski definition) is 0. The third kappa shape index (κ3) is 5.06. The lowest BCUT2D eigenvalue weighted by molar-refractivity contribution is -0.135. The molecule has 6 nitrogen and oxygen atoms in total. The average molecular weight is 428 g/mol. The highest BCUT2D eigenvalue weighted by molar-refractivity contribution is 7.89. The molecule has 1 saturated heterocycles. The maximum atomic E-state index is 12.8. The molecule has 1 amide bonds. The number of rotatable bonds is 6. The van der Waals surface area contributed by atoms with Crippen LogP contribution < -0.4 is 0 Å². The van der Waals surface area contributed by atoms with Crippen LogP contribution in [0.5, 0.6) is 0 Å². The molecule has 0 atom stereocenters. The molecule has 0 bridgehead atoms. The van der Waals surface area contributed by atoms with Gasteiger partial charge in [-0.05, 0) is 44.0 Å². The van der Waals surface area contributed by atoms with E-state index in [0.29, 0.717) is 43.8 Å². The summed E-state index contributed by atoms with van der Waals surface area (Å²) in [6.45, 7) is 5.10. The molecule has 2 fully saturated rings. The fourth-order valence-electron chi connectivity index (χ4n) is 4.20. The number of halogens is 1. The summed E-state index contributed by atoms with van der Waals surface area (Å²) in [4.78, 5) is 17.2. The van der Waals surface area contributed by atoms with Crippen LogP contribution in [0.3, 0.4) is 0 Å². The predicted octanol–water partition coefficient (Wildman–Crippen LogP) is 2.83. The molecule has 0 aromatic heterocycles. The zero-order valence-corrected chi connectivity index (χ0v) is 18.1. The first-order valence-corrected chi connectivity index (χ1v) is 12.0.